The monoisotopic (exact) mass is 386 g/mol. The maximum Gasteiger partial charge on any atom is 0.301 e. The van der Waals surface area contributed by atoms with E-state index in [-0.39, 0.29) is 0 Å². The van der Waals surface area contributed by atoms with Crippen molar-refractivity contribution in [3.63, 3.8) is 0 Å². The summed E-state index contributed by atoms with van der Waals surface area (Å²) < 4.78 is 33.2. The minimum absolute atomic E-state index is 0.320. The molecule has 1 heterocycles. The molecule has 0 atom stereocenters. The molecule has 2 aliphatic rings. The number of ether oxygens (including phenoxy) is 1. The molecule has 27 heavy (non-hydrogen) atoms. The highest BCUT2D eigenvalue weighted by atomic mass is 32.2. The summed E-state index contributed by atoms with van der Waals surface area (Å²) >= 11 is 0. The van der Waals surface area contributed by atoms with Crippen molar-refractivity contribution in [2.45, 2.75) is 25.4 Å². The van der Waals surface area contributed by atoms with Crippen molar-refractivity contribution in [1.82, 2.24) is 4.31 Å². The van der Waals surface area contributed by atoms with Crippen molar-refractivity contribution in [2.24, 2.45) is 4.99 Å². The maximum absolute atomic E-state index is 11.9. The van der Waals surface area contributed by atoms with Crippen molar-refractivity contribution in [1.29, 1.82) is 0 Å². The van der Waals surface area contributed by atoms with Crippen LogP contribution in [0.25, 0.3) is 0 Å². The molecule has 0 saturated heterocycles. The van der Waals surface area contributed by atoms with Crippen molar-refractivity contribution >= 4 is 33.3 Å². The van der Waals surface area contributed by atoms with Crippen LogP contribution in [0.1, 0.15) is 29.9 Å². The maximum atomic E-state index is 11.9. The normalized spacial score (nSPS) is 16.3. The molecule has 0 unspecified atom stereocenters. The third-order valence-electron chi connectivity index (χ3n) is 4.58. The van der Waals surface area contributed by atoms with Crippen LogP contribution in [0.15, 0.2) is 47.5 Å². The SMILES string of the molecule is CN(C)S(=O)(=O)Nc1ccc2c(c1)COC(Nc1cccc(C3CC3)c1)=N2. The summed E-state index contributed by atoms with van der Waals surface area (Å²) in [7, 11) is -0.588. The molecular weight excluding hydrogens is 364 g/mol. The number of hydrogen-bond acceptors (Lipinski definition) is 5. The molecule has 0 amide bonds. The molecule has 8 heteroatoms. The summed E-state index contributed by atoms with van der Waals surface area (Å²) in [6, 6.07) is 14.0. The quantitative estimate of drug-likeness (QED) is 0.825. The molecule has 4 rings (SSSR count). The lowest BCUT2D eigenvalue weighted by atomic mass is 10.1. The van der Waals surface area contributed by atoms with Crippen molar-refractivity contribution < 1.29 is 13.2 Å². The van der Waals surface area contributed by atoms with E-state index in [9.17, 15) is 8.42 Å². The van der Waals surface area contributed by atoms with Gasteiger partial charge in [-0.3, -0.25) is 4.72 Å². The molecule has 2 aromatic rings. The first kappa shape index (κ1) is 17.8. The van der Waals surface area contributed by atoms with Gasteiger partial charge >= 0.3 is 10.2 Å². The van der Waals surface area contributed by atoms with Crippen molar-refractivity contribution in [3.05, 3.63) is 53.6 Å². The van der Waals surface area contributed by atoms with Crippen molar-refractivity contribution in [3.8, 4) is 0 Å². The highest BCUT2D eigenvalue weighted by Crippen LogP contribution is 2.40. The van der Waals surface area contributed by atoms with Crippen LogP contribution in [0.4, 0.5) is 17.1 Å². The number of nitrogens with one attached hydrogen (secondary N) is 2. The van der Waals surface area contributed by atoms with E-state index in [2.05, 4.69) is 27.2 Å². The molecule has 2 aromatic carbocycles. The highest BCUT2D eigenvalue weighted by molar-refractivity contribution is 7.90. The zero-order chi connectivity index (χ0) is 19.0. The Labute approximate surface area is 159 Å². The predicted octanol–water partition coefficient (Wildman–Crippen LogP) is 3.41. The summed E-state index contributed by atoms with van der Waals surface area (Å²) in [5, 5.41) is 3.22. The van der Waals surface area contributed by atoms with Crippen molar-refractivity contribution in [2.75, 3.05) is 24.1 Å². The Morgan fingerprint density at radius 3 is 2.67 bits per heavy atom. The molecule has 1 fully saturated rings. The highest BCUT2D eigenvalue weighted by Gasteiger charge is 2.23. The molecule has 1 saturated carbocycles. The second-order valence-electron chi connectivity index (χ2n) is 6.96. The zero-order valence-corrected chi connectivity index (χ0v) is 16.1. The lowest BCUT2D eigenvalue weighted by Gasteiger charge is -2.19. The average molecular weight is 386 g/mol. The molecule has 0 aromatic heterocycles. The first-order valence-corrected chi connectivity index (χ1v) is 10.3. The van der Waals surface area contributed by atoms with E-state index >= 15 is 0 Å². The van der Waals surface area contributed by atoms with Gasteiger partial charge in [-0.1, -0.05) is 12.1 Å². The fourth-order valence-electron chi connectivity index (χ4n) is 2.88. The first-order chi connectivity index (χ1) is 12.9. The van der Waals surface area contributed by atoms with Gasteiger partial charge in [0, 0.05) is 25.3 Å². The van der Waals surface area contributed by atoms with Crippen LogP contribution in [-0.2, 0) is 21.6 Å². The number of hydrogen-bond donors (Lipinski definition) is 2. The standard InChI is InChI=1S/C19H22N4O3S/c1-23(2)27(24,25)22-17-8-9-18-15(11-17)12-26-19(21-18)20-16-5-3-4-14(10-16)13-6-7-13/h3-5,8-11,13,22H,6-7,12H2,1-2H3,(H,20,21). The van der Waals surface area contributed by atoms with E-state index in [0.717, 1.165) is 21.2 Å². The summed E-state index contributed by atoms with van der Waals surface area (Å²) in [6.45, 7) is 0.320. The summed E-state index contributed by atoms with van der Waals surface area (Å²) in [6.07, 6.45) is 2.52. The average Bonchev–Trinajstić information content (AvgIpc) is 3.47. The van der Waals surface area contributed by atoms with Crippen LogP contribution in [0, 0.1) is 0 Å². The van der Waals surface area contributed by atoms with E-state index in [1.54, 1.807) is 18.2 Å². The lowest BCUT2D eigenvalue weighted by Crippen LogP contribution is -2.29. The Kier molecular flexibility index (Phi) is 4.53. The zero-order valence-electron chi connectivity index (χ0n) is 15.3. The van der Waals surface area contributed by atoms with Crippen LogP contribution in [0.2, 0.25) is 0 Å². The minimum atomic E-state index is -3.54. The number of fused-ring (bicyclic) bond motifs is 1. The second kappa shape index (κ2) is 6.86. The largest absolute Gasteiger partial charge is 0.460 e. The van der Waals surface area contributed by atoms with Gasteiger partial charge in [-0.05, 0) is 54.7 Å². The van der Waals surface area contributed by atoms with Gasteiger partial charge in [0.1, 0.15) is 6.61 Å². The van der Waals surface area contributed by atoms with Gasteiger partial charge in [0.2, 0.25) is 0 Å². The molecule has 1 aliphatic heterocycles. The van der Waals surface area contributed by atoms with Crippen LogP contribution >= 0.6 is 0 Å². The molecule has 0 radical (unpaired) electrons. The van der Waals surface area contributed by atoms with Gasteiger partial charge in [0.15, 0.2) is 0 Å². The minimum Gasteiger partial charge on any atom is -0.460 e. The number of benzene rings is 2. The Balaban J connectivity index is 1.50. The number of rotatable bonds is 5. The summed E-state index contributed by atoms with van der Waals surface area (Å²) in [5.41, 5.74) is 4.36. The van der Waals surface area contributed by atoms with Gasteiger partial charge in [-0.25, -0.2) is 0 Å². The smallest absolute Gasteiger partial charge is 0.301 e. The second-order valence-corrected chi connectivity index (χ2v) is 8.85. The molecular formula is C19H22N4O3S. The lowest BCUT2D eigenvalue weighted by molar-refractivity contribution is 0.286. The van der Waals surface area contributed by atoms with Crippen LogP contribution in [0.3, 0.4) is 0 Å². The van der Waals surface area contributed by atoms with E-state index in [4.69, 9.17) is 4.74 Å². The Morgan fingerprint density at radius 1 is 1.11 bits per heavy atom. The summed E-state index contributed by atoms with van der Waals surface area (Å²) in [5.74, 6) is 0.686. The van der Waals surface area contributed by atoms with Gasteiger partial charge in [0.05, 0.1) is 11.4 Å². The van der Waals surface area contributed by atoms with Gasteiger partial charge < -0.3 is 10.1 Å². The number of anilines is 2. The van der Waals surface area contributed by atoms with E-state index in [1.807, 2.05) is 12.1 Å². The third-order valence-corrected chi connectivity index (χ3v) is 6.04. The topological polar surface area (TPSA) is 83.0 Å². The molecule has 2 N–H and O–H groups in total. The Hall–Kier alpha value is -2.58. The van der Waals surface area contributed by atoms with Gasteiger partial charge in [-0.15, -0.1) is 0 Å². The molecule has 0 bridgehead atoms. The summed E-state index contributed by atoms with van der Waals surface area (Å²) in [4.78, 5) is 4.50. The van der Waals surface area contributed by atoms with E-state index < -0.39 is 10.2 Å². The van der Waals surface area contributed by atoms with E-state index in [1.165, 1.54) is 32.5 Å². The first-order valence-electron chi connectivity index (χ1n) is 8.82. The van der Waals surface area contributed by atoms with Gasteiger partial charge in [0.25, 0.3) is 6.02 Å². The number of aliphatic imine (C=N–C) groups is 1. The molecule has 142 valence electrons. The predicted molar refractivity (Wildman–Crippen MR) is 107 cm³/mol. The van der Waals surface area contributed by atoms with E-state index in [0.29, 0.717) is 24.2 Å². The number of nitrogens with zero attached hydrogens (tertiary/aromatic N) is 2. The van der Waals surface area contributed by atoms with Crippen LogP contribution in [0.5, 0.6) is 0 Å². The van der Waals surface area contributed by atoms with Crippen LogP contribution in [-0.4, -0.2) is 32.8 Å². The molecule has 7 nitrogen and oxygen atoms in total. The molecule has 1 aliphatic carbocycles. The fraction of sp³-hybridized carbons (Fsp3) is 0.316. The van der Waals surface area contributed by atoms with Gasteiger partial charge in [-0.2, -0.15) is 17.7 Å². The Bertz CT molecular complexity index is 998. The number of amidine groups is 1. The van der Waals surface area contributed by atoms with Crippen LogP contribution < -0.4 is 10.0 Å². The Morgan fingerprint density at radius 2 is 1.93 bits per heavy atom. The fourth-order valence-corrected chi connectivity index (χ4v) is 3.48. The molecule has 0 spiro atoms. The third kappa shape index (κ3) is 4.06.